The number of rotatable bonds is 3. The Hall–Kier alpha value is -3.92. The molecule has 10 heteroatoms. The average molecular weight is 454 g/mol. The number of benzene rings is 2. The maximum absolute atomic E-state index is 14.1. The summed E-state index contributed by atoms with van der Waals surface area (Å²) in [5.41, 5.74) is 1.57. The molecule has 168 valence electrons. The Morgan fingerprint density at radius 1 is 1.09 bits per heavy atom. The number of pyridine rings is 1. The molecule has 0 aliphatic carbocycles. The van der Waals surface area contributed by atoms with Crippen LogP contribution in [0.2, 0.25) is 0 Å². The second-order valence-electron chi connectivity index (χ2n) is 7.78. The Bertz CT molecular complexity index is 1450. The molecule has 2 aromatic heterocycles. The highest BCUT2D eigenvalue weighted by molar-refractivity contribution is 5.94. The summed E-state index contributed by atoms with van der Waals surface area (Å²) in [4.78, 5) is 29.6. The molecule has 0 spiro atoms. The van der Waals surface area contributed by atoms with Crippen LogP contribution in [0.1, 0.15) is 27.8 Å². The van der Waals surface area contributed by atoms with Gasteiger partial charge in [0, 0.05) is 23.9 Å². The molecule has 0 radical (unpaired) electrons. The van der Waals surface area contributed by atoms with Crippen LogP contribution in [-0.4, -0.2) is 39.6 Å². The van der Waals surface area contributed by atoms with Gasteiger partial charge in [-0.3, -0.25) is 14.7 Å². The fraction of sp³-hybridized carbons (Fsp3) is 0.174. The monoisotopic (exact) mass is 454 g/mol. The van der Waals surface area contributed by atoms with Crippen LogP contribution in [0.25, 0.3) is 22.0 Å². The molecule has 0 saturated carbocycles. The number of H-pyrrole nitrogens is 2. The van der Waals surface area contributed by atoms with Crippen LogP contribution in [0.4, 0.5) is 13.2 Å². The van der Waals surface area contributed by atoms with Crippen molar-refractivity contribution >= 4 is 16.7 Å². The van der Waals surface area contributed by atoms with E-state index in [-0.39, 0.29) is 35.5 Å². The molecule has 1 unspecified atom stereocenters. The second kappa shape index (κ2) is 7.89. The number of ether oxygens (including phenoxy) is 1. The molecule has 0 saturated heterocycles. The van der Waals surface area contributed by atoms with Crippen LogP contribution < -0.4 is 5.56 Å². The second-order valence-corrected chi connectivity index (χ2v) is 7.78. The summed E-state index contributed by atoms with van der Waals surface area (Å²) in [7, 11) is 1.54. The maximum Gasteiger partial charge on any atom is 0.272 e. The van der Waals surface area contributed by atoms with Gasteiger partial charge in [0.1, 0.15) is 11.5 Å². The summed E-state index contributed by atoms with van der Waals surface area (Å²) >= 11 is 0. The third-order valence-corrected chi connectivity index (χ3v) is 5.78. The van der Waals surface area contributed by atoms with Crippen LogP contribution in [0, 0.1) is 17.5 Å². The standard InChI is InChI=1S/C23H17F3N4O3/c1-30(23(32)18-8-17(28-29-18)11-2-4-12(24)5-3-11)20-10-33-9-19-21(20)13-6-15(25)16(26)7-14(13)22(31)27-19/h2-8,20H,9-10H2,1H3,(H,27,31)(H,28,29). The first-order valence-corrected chi connectivity index (χ1v) is 10.0. The molecular formula is C23H17F3N4O3. The molecule has 0 bridgehead atoms. The van der Waals surface area contributed by atoms with Gasteiger partial charge in [-0.1, -0.05) is 0 Å². The van der Waals surface area contributed by atoms with Crippen molar-refractivity contribution in [3.05, 3.63) is 87.2 Å². The van der Waals surface area contributed by atoms with E-state index in [1.807, 2.05) is 0 Å². The van der Waals surface area contributed by atoms with Gasteiger partial charge in [0.25, 0.3) is 11.5 Å². The van der Waals surface area contributed by atoms with E-state index in [9.17, 15) is 22.8 Å². The zero-order valence-corrected chi connectivity index (χ0v) is 17.3. The van der Waals surface area contributed by atoms with Gasteiger partial charge in [0.2, 0.25) is 0 Å². The number of nitrogens with one attached hydrogen (secondary N) is 2. The van der Waals surface area contributed by atoms with Gasteiger partial charge in [-0.25, -0.2) is 13.2 Å². The number of likely N-dealkylation sites (N-methyl/N-ethyl adjacent to an activating group) is 1. The van der Waals surface area contributed by atoms with E-state index in [0.717, 1.165) is 12.1 Å². The summed E-state index contributed by atoms with van der Waals surface area (Å²) in [5.74, 6) is -3.04. The number of hydrogen-bond donors (Lipinski definition) is 2. The molecule has 5 rings (SSSR count). The third-order valence-electron chi connectivity index (χ3n) is 5.78. The third kappa shape index (κ3) is 3.58. The first kappa shape index (κ1) is 21.0. The van der Waals surface area contributed by atoms with Crippen molar-refractivity contribution in [3.8, 4) is 11.3 Å². The SMILES string of the molecule is CN(C(=O)c1cc(-c2ccc(F)cc2)n[nH]1)C1COCc2[nH]c(=O)c3cc(F)c(F)cc3c21. The highest BCUT2D eigenvalue weighted by atomic mass is 19.2. The van der Waals surface area contributed by atoms with Crippen LogP contribution in [0.5, 0.6) is 0 Å². The van der Waals surface area contributed by atoms with Crippen LogP contribution >= 0.6 is 0 Å². The number of aromatic amines is 2. The lowest BCUT2D eigenvalue weighted by atomic mass is 9.95. The van der Waals surface area contributed by atoms with E-state index in [1.165, 1.54) is 23.1 Å². The van der Waals surface area contributed by atoms with Gasteiger partial charge in [0.05, 0.1) is 30.3 Å². The Morgan fingerprint density at radius 2 is 1.79 bits per heavy atom. The molecule has 1 atom stereocenters. The Morgan fingerprint density at radius 3 is 2.52 bits per heavy atom. The molecule has 7 nitrogen and oxygen atoms in total. The van der Waals surface area contributed by atoms with E-state index in [2.05, 4.69) is 15.2 Å². The number of halogens is 3. The van der Waals surface area contributed by atoms with Crippen molar-refractivity contribution in [2.24, 2.45) is 0 Å². The van der Waals surface area contributed by atoms with Crippen molar-refractivity contribution < 1.29 is 22.7 Å². The highest BCUT2D eigenvalue weighted by Gasteiger charge is 2.32. The van der Waals surface area contributed by atoms with Gasteiger partial charge in [-0.2, -0.15) is 5.10 Å². The van der Waals surface area contributed by atoms with E-state index in [0.29, 0.717) is 22.5 Å². The minimum absolute atomic E-state index is 0.0134. The molecule has 3 heterocycles. The lowest BCUT2D eigenvalue weighted by molar-refractivity contribution is 0.0332. The van der Waals surface area contributed by atoms with E-state index < -0.39 is 29.1 Å². The van der Waals surface area contributed by atoms with Gasteiger partial charge >= 0.3 is 0 Å². The summed E-state index contributed by atoms with van der Waals surface area (Å²) in [6.45, 7) is 0.158. The molecule has 2 N–H and O–H groups in total. The van der Waals surface area contributed by atoms with Crippen molar-refractivity contribution in [3.63, 3.8) is 0 Å². The molecular weight excluding hydrogens is 437 g/mol. The van der Waals surface area contributed by atoms with Crippen molar-refractivity contribution in [2.45, 2.75) is 12.6 Å². The lowest BCUT2D eigenvalue weighted by Crippen LogP contribution is -2.37. The van der Waals surface area contributed by atoms with Crippen LogP contribution in [0.3, 0.4) is 0 Å². The quantitative estimate of drug-likeness (QED) is 0.494. The molecule has 1 aliphatic heterocycles. The first-order chi connectivity index (χ1) is 15.8. The maximum atomic E-state index is 14.1. The topological polar surface area (TPSA) is 91.1 Å². The summed E-state index contributed by atoms with van der Waals surface area (Å²) in [5, 5.41) is 7.02. The summed E-state index contributed by atoms with van der Waals surface area (Å²) < 4.78 is 46.6. The van der Waals surface area contributed by atoms with Crippen molar-refractivity contribution in [1.82, 2.24) is 20.1 Å². The summed E-state index contributed by atoms with van der Waals surface area (Å²) in [6, 6.07) is 8.36. The fourth-order valence-electron chi connectivity index (χ4n) is 4.08. The molecule has 0 fully saturated rings. The van der Waals surface area contributed by atoms with Crippen molar-refractivity contribution in [2.75, 3.05) is 13.7 Å². The minimum Gasteiger partial charge on any atom is -0.373 e. The predicted octanol–water partition coefficient (Wildman–Crippen LogP) is 3.68. The zero-order chi connectivity index (χ0) is 23.3. The normalized spacial score (nSPS) is 15.5. The Labute approximate surface area is 184 Å². The smallest absolute Gasteiger partial charge is 0.272 e. The van der Waals surface area contributed by atoms with Gasteiger partial charge in [-0.05, 0) is 47.9 Å². The van der Waals surface area contributed by atoms with Gasteiger partial charge < -0.3 is 14.6 Å². The van der Waals surface area contributed by atoms with E-state index >= 15 is 0 Å². The van der Waals surface area contributed by atoms with E-state index in [1.54, 1.807) is 19.2 Å². The summed E-state index contributed by atoms with van der Waals surface area (Å²) in [6.07, 6.45) is 0. The lowest BCUT2D eigenvalue weighted by Gasteiger charge is -2.33. The van der Waals surface area contributed by atoms with Crippen LogP contribution in [-0.2, 0) is 11.3 Å². The first-order valence-electron chi connectivity index (χ1n) is 10.0. The average Bonchev–Trinajstić information content (AvgIpc) is 3.30. The number of hydrogen-bond acceptors (Lipinski definition) is 4. The Kier molecular flexibility index (Phi) is 5.01. The van der Waals surface area contributed by atoms with Crippen LogP contribution in [0.15, 0.2) is 47.3 Å². The number of carbonyl (C=O) groups is 1. The van der Waals surface area contributed by atoms with Gasteiger partial charge in [-0.15, -0.1) is 0 Å². The molecule has 2 aromatic carbocycles. The molecule has 1 amide bonds. The minimum atomic E-state index is -1.13. The largest absolute Gasteiger partial charge is 0.373 e. The predicted molar refractivity (Wildman–Crippen MR) is 113 cm³/mol. The number of carbonyl (C=O) groups excluding carboxylic acids is 1. The van der Waals surface area contributed by atoms with E-state index in [4.69, 9.17) is 4.74 Å². The fourth-order valence-corrected chi connectivity index (χ4v) is 4.08. The number of nitrogens with zero attached hydrogens (tertiary/aromatic N) is 2. The molecule has 4 aromatic rings. The van der Waals surface area contributed by atoms with Gasteiger partial charge in [0.15, 0.2) is 11.6 Å². The number of aromatic nitrogens is 3. The number of amides is 1. The molecule has 1 aliphatic rings. The number of fused-ring (bicyclic) bond motifs is 3. The molecule has 33 heavy (non-hydrogen) atoms. The van der Waals surface area contributed by atoms with Crippen molar-refractivity contribution in [1.29, 1.82) is 0 Å². The zero-order valence-electron chi connectivity index (χ0n) is 17.3. The Balaban J connectivity index is 1.53. The highest BCUT2D eigenvalue weighted by Crippen LogP contribution is 2.34.